The number of benzene rings is 1. The van der Waals surface area contributed by atoms with Gasteiger partial charge in [0.15, 0.2) is 0 Å². The SMILES string of the molecule is CC(C)(C)OC(=O)CCCCCNc1nc2cc(F)ccc2nc1CN. The van der Waals surface area contributed by atoms with E-state index >= 15 is 0 Å². The molecule has 0 saturated carbocycles. The van der Waals surface area contributed by atoms with Gasteiger partial charge in [0, 0.05) is 25.6 Å². The second kappa shape index (κ2) is 8.89. The van der Waals surface area contributed by atoms with Gasteiger partial charge in [-0.15, -0.1) is 0 Å². The first-order valence-electron chi connectivity index (χ1n) is 8.90. The minimum atomic E-state index is -0.439. The molecule has 26 heavy (non-hydrogen) atoms. The van der Waals surface area contributed by atoms with E-state index in [4.69, 9.17) is 10.5 Å². The molecular formula is C19H27FN4O2. The Labute approximate surface area is 153 Å². The normalized spacial score (nSPS) is 11.6. The van der Waals surface area contributed by atoms with Crippen molar-refractivity contribution in [2.75, 3.05) is 11.9 Å². The maximum atomic E-state index is 13.4. The lowest BCUT2D eigenvalue weighted by atomic mass is 10.1. The van der Waals surface area contributed by atoms with Gasteiger partial charge in [-0.05, 0) is 45.7 Å². The molecule has 3 N–H and O–H groups in total. The molecule has 0 saturated heterocycles. The molecule has 0 aliphatic carbocycles. The summed E-state index contributed by atoms with van der Waals surface area (Å²) in [6.45, 7) is 6.51. The van der Waals surface area contributed by atoms with Gasteiger partial charge in [-0.2, -0.15) is 0 Å². The molecule has 0 fully saturated rings. The number of carbonyl (C=O) groups excluding carboxylic acids is 1. The topological polar surface area (TPSA) is 90.1 Å². The quantitative estimate of drug-likeness (QED) is 0.551. The highest BCUT2D eigenvalue weighted by atomic mass is 19.1. The number of ether oxygens (including phenoxy) is 1. The average molecular weight is 362 g/mol. The fourth-order valence-electron chi connectivity index (χ4n) is 2.52. The third kappa shape index (κ3) is 6.22. The maximum Gasteiger partial charge on any atom is 0.306 e. The van der Waals surface area contributed by atoms with Crippen molar-refractivity contribution in [2.24, 2.45) is 5.73 Å². The van der Waals surface area contributed by atoms with E-state index in [-0.39, 0.29) is 18.3 Å². The number of nitrogens with zero attached hydrogens (tertiary/aromatic N) is 2. The number of rotatable bonds is 8. The van der Waals surface area contributed by atoms with Crippen molar-refractivity contribution in [1.29, 1.82) is 0 Å². The summed E-state index contributed by atoms with van der Waals surface area (Å²) in [6.07, 6.45) is 2.95. The largest absolute Gasteiger partial charge is 0.460 e. The Hall–Kier alpha value is -2.28. The number of nitrogens with one attached hydrogen (secondary N) is 1. The van der Waals surface area contributed by atoms with E-state index in [1.165, 1.54) is 12.1 Å². The molecule has 2 rings (SSSR count). The van der Waals surface area contributed by atoms with Gasteiger partial charge in [0.25, 0.3) is 0 Å². The third-order valence-corrected chi connectivity index (χ3v) is 3.66. The monoisotopic (exact) mass is 362 g/mol. The molecule has 1 aromatic carbocycles. The minimum Gasteiger partial charge on any atom is -0.460 e. The van der Waals surface area contributed by atoms with Crippen LogP contribution in [0.1, 0.15) is 52.1 Å². The molecule has 2 aromatic rings. The summed E-state index contributed by atoms with van der Waals surface area (Å²) in [5, 5.41) is 3.21. The first-order valence-corrected chi connectivity index (χ1v) is 8.90. The number of hydrogen-bond donors (Lipinski definition) is 2. The smallest absolute Gasteiger partial charge is 0.306 e. The summed E-state index contributed by atoms with van der Waals surface area (Å²) in [5.41, 5.74) is 7.07. The van der Waals surface area contributed by atoms with Crippen molar-refractivity contribution in [2.45, 2.75) is 58.6 Å². The van der Waals surface area contributed by atoms with E-state index < -0.39 is 5.60 Å². The Morgan fingerprint density at radius 2 is 1.96 bits per heavy atom. The van der Waals surface area contributed by atoms with Crippen molar-refractivity contribution in [1.82, 2.24) is 9.97 Å². The lowest BCUT2D eigenvalue weighted by Gasteiger charge is -2.19. The standard InChI is InChI=1S/C19H27FN4O2/c1-19(2,3)26-17(25)7-5-4-6-10-22-18-16(12-21)23-14-9-8-13(20)11-15(14)24-18/h8-9,11H,4-7,10,12,21H2,1-3H3,(H,22,24). The summed E-state index contributed by atoms with van der Waals surface area (Å²) < 4.78 is 18.6. The lowest BCUT2D eigenvalue weighted by Crippen LogP contribution is -2.23. The molecule has 1 aromatic heterocycles. The molecule has 0 atom stereocenters. The second-order valence-electron chi connectivity index (χ2n) is 7.18. The minimum absolute atomic E-state index is 0.168. The van der Waals surface area contributed by atoms with E-state index in [1.54, 1.807) is 6.07 Å². The lowest BCUT2D eigenvalue weighted by molar-refractivity contribution is -0.154. The van der Waals surface area contributed by atoms with Crippen LogP contribution in [-0.2, 0) is 16.1 Å². The molecule has 0 aliphatic heterocycles. The van der Waals surface area contributed by atoms with Gasteiger partial charge in [-0.1, -0.05) is 6.42 Å². The molecule has 0 spiro atoms. The Kier molecular flexibility index (Phi) is 6.85. The Morgan fingerprint density at radius 1 is 1.19 bits per heavy atom. The summed E-state index contributed by atoms with van der Waals surface area (Å²) in [4.78, 5) is 20.5. The van der Waals surface area contributed by atoms with Gasteiger partial charge in [0.05, 0.1) is 16.7 Å². The number of hydrogen-bond acceptors (Lipinski definition) is 6. The Bertz CT molecular complexity index is 759. The number of anilines is 1. The van der Waals surface area contributed by atoms with Crippen LogP contribution in [0.15, 0.2) is 18.2 Å². The van der Waals surface area contributed by atoms with Crippen molar-refractivity contribution in [3.63, 3.8) is 0 Å². The van der Waals surface area contributed by atoms with Crippen molar-refractivity contribution >= 4 is 22.8 Å². The van der Waals surface area contributed by atoms with Crippen LogP contribution >= 0.6 is 0 Å². The van der Waals surface area contributed by atoms with E-state index in [1.807, 2.05) is 20.8 Å². The van der Waals surface area contributed by atoms with Crippen LogP contribution in [0.3, 0.4) is 0 Å². The first-order chi connectivity index (χ1) is 12.3. The number of carbonyl (C=O) groups is 1. The Morgan fingerprint density at radius 3 is 2.65 bits per heavy atom. The second-order valence-corrected chi connectivity index (χ2v) is 7.18. The third-order valence-electron chi connectivity index (χ3n) is 3.66. The van der Waals surface area contributed by atoms with E-state index in [2.05, 4.69) is 15.3 Å². The molecule has 142 valence electrons. The fourth-order valence-corrected chi connectivity index (χ4v) is 2.52. The van der Waals surface area contributed by atoms with Crippen LogP contribution in [0.5, 0.6) is 0 Å². The van der Waals surface area contributed by atoms with E-state index in [0.29, 0.717) is 35.5 Å². The zero-order valence-corrected chi connectivity index (χ0v) is 15.6. The van der Waals surface area contributed by atoms with Crippen LogP contribution in [0.2, 0.25) is 0 Å². The number of halogens is 1. The van der Waals surface area contributed by atoms with E-state index in [9.17, 15) is 9.18 Å². The zero-order valence-electron chi connectivity index (χ0n) is 15.6. The molecule has 6 nitrogen and oxygen atoms in total. The van der Waals surface area contributed by atoms with Gasteiger partial charge in [0.1, 0.15) is 17.2 Å². The van der Waals surface area contributed by atoms with Crippen molar-refractivity contribution in [3.8, 4) is 0 Å². The summed E-state index contributed by atoms with van der Waals surface area (Å²) in [7, 11) is 0. The van der Waals surface area contributed by atoms with Crippen LogP contribution in [0.4, 0.5) is 10.2 Å². The molecule has 0 unspecified atom stereocenters. The number of unbranched alkanes of at least 4 members (excludes halogenated alkanes) is 2. The van der Waals surface area contributed by atoms with Gasteiger partial charge in [-0.3, -0.25) is 4.79 Å². The van der Waals surface area contributed by atoms with Gasteiger partial charge in [-0.25, -0.2) is 14.4 Å². The summed E-state index contributed by atoms with van der Waals surface area (Å²) in [6, 6.07) is 4.31. The molecule has 1 heterocycles. The van der Waals surface area contributed by atoms with Crippen molar-refractivity contribution < 1.29 is 13.9 Å². The Balaban J connectivity index is 1.81. The van der Waals surface area contributed by atoms with Gasteiger partial charge >= 0.3 is 5.97 Å². The van der Waals surface area contributed by atoms with Gasteiger partial charge in [0.2, 0.25) is 0 Å². The van der Waals surface area contributed by atoms with E-state index in [0.717, 1.165) is 19.3 Å². The number of fused-ring (bicyclic) bond motifs is 1. The predicted molar refractivity (Wildman–Crippen MR) is 100 cm³/mol. The summed E-state index contributed by atoms with van der Waals surface area (Å²) >= 11 is 0. The molecule has 0 amide bonds. The molecule has 0 radical (unpaired) electrons. The van der Waals surface area contributed by atoms with Crippen LogP contribution < -0.4 is 11.1 Å². The van der Waals surface area contributed by atoms with Crippen LogP contribution in [-0.4, -0.2) is 28.1 Å². The van der Waals surface area contributed by atoms with Crippen LogP contribution in [0.25, 0.3) is 11.0 Å². The number of nitrogens with two attached hydrogens (primary N) is 1. The number of aromatic nitrogens is 2. The average Bonchev–Trinajstić information content (AvgIpc) is 2.55. The van der Waals surface area contributed by atoms with Gasteiger partial charge < -0.3 is 15.8 Å². The highest BCUT2D eigenvalue weighted by Crippen LogP contribution is 2.18. The predicted octanol–water partition coefficient (Wildman–Crippen LogP) is 3.54. The van der Waals surface area contributed by atoms with Crippen molar-refractivity contribution in [3.05, 3.63) is 29.7 Å². The first kappa shape index (κ1) is 20.0. The van der Waals surface area contributed by atoms with Crippen LogP contribution in [0, 0.1) is 5.82 Å². The summed E-state index contributed by atoms with van der Waals surface area (Å²) in [5.74, 6) is 0.0661. The molecule has 0 bridgehead atoms. The molecule has 7 heteroatoms. The fraction of sp³-hybridized carbons (Fsp3) is 0.526. The number of esters is 1. The molecular weight excluding hydrogens is 335 g/mol. The molecule has 0 aliphatic rings. The zero-order chi connectivity index (χ0) is 19.2. The highest BCUT2D eigenvalue weighted by Gasteiger charge is 2.15. The maximum absolute atomic E-state index is 13.4. The highest BCUT2D eigenvalue weighted by molar-refractivity contribution is 5.76.